The number of unbranched alkanes of at least 4 members (excludes halogenated alkanes) is 1. The molecule has 0 radical (unpaired) electrons. The van der Waals surface area contributed by atoms with E-state index in [2.05, 4.69) is 17.9 Å². The zero-order chi connectivity index (χ0) is 27.1. The Morgan fingerprint density at radius 1 is 1.14 bits per heavy atom. The number of allylic oxidation sites excluding steroid dienone is 2. The van der Waals surface area contributed by atoms with E-state index in [4.69, 9.17) is 10.2 Å². The van der Waals surface area contributed by atoms with Crippen molar-refractivity contribution in [2.45, 2.75) is 111 Å². The van der Waals surface area contributed by atoms with Gasteiger partial charge in [-0.25, -0.2) is 0 Å². The molecule has 0 bridgehead atoms. The van der Waals surface area contributed by atoms with Crippen molar-refractivity contribution in [1.29, 1.82) is 0 Å². The van der Waals surface area contributed by atoms with Gasteiger partial charge in [-0.05, 0) is 69.6 Å². The third-order valence-corrected chi connectivity index (χ3v) is 7.48. The van der Waals surface area contributed by atoms with Gasteiger partial charge in [-0.15, -0.1) is 11.8 Å². The molecule has 1 unspecified atom stereocenters. The van der Waals surface area contributed by atoms with Crippen LogP contribution in [0, 0.1) is 41.4 Å². The first-order chi connectivity index (χ1) is 17.1. The van der Waals surface area contributed by atoms with Crippen LogP contribution < -0.4 is 0 Å². The molecule has 0 heterocycles. The van der Waals surface area contributed by atoms with Crippen LogP contribution in [-0.2, 0) is 9.59 Å². The number of aliphatic hydroxyl groups excluding tert-OH is 2. The molecule has 6 atom stereocenters. The van der Waals surface area contributed by atoms with E-state index in [1.54, 1.807) is 6.92 Å². The minimum absolute atomic E-state index is 0.0845. The topological polar surface area (TPSA) is 115 Å². The van der Waals surface area contributed by atoms with Crippen molar-refractivity contribution < 1.29 is 30.0 Å². The number of carboxylic acids is 2. The Morgan fingerprint density at radius 3 is 2.36 bits per heavy atom. The monoisotopic (exact) mass is 504 g/mol. The molecule has 4 N–H and O–H groups in total. The molecule has 0 aliphatic heterocycles. The first kappa shape index (κ1) is 31.9. The predicted molar refractivity (Wildman–Crippen MR) is 143 cm³/mol. The maximum Gasteiger partial charge on any atom is 0.306 e. The van der Waals surface area contributed by atoms with Crippen molar-refractivity contribution in [2.75, 3.05) is 0 Å². The van der Waals surface area contributed by atoms with Gasteiger partial charge in [0.25, 0.3) is 0 Å². The fourth-order valence-corrected chi connectivity index (χ4v) is 5.40. The van der Waals surface area contributed by atoms with E-state index in [1.165, 1.54) is 5.57 Å². The van der Waals surface area contributed by atoms with E-state index >= 15 is 0 Å². The van der Waals surface area contributed by atoms with Crippen LogP contribution in [0.25, 0.3) is 0 Å². The van der Waals surface area contributed by atoms with Crippen molar-refractivity contribution in [3.8, 4) is 11.8 Å². The normalized spacial score (nSPS) is 25.7. The average molecular weight is 505 g/mol. The molecular weight excluding hydrogens is 456 g/mol. The van der Waals surface area contributed by atoms with Gasteiger partial charge in [0.05, 0.1) is 18.1 Å². The summed E-state index contributed by atoms with van der Waals surface area (Å²) in [6, 6.07) is 0. The zero-order valence-electron chi connectivity index (χ0n) is 22.7. The second-order valence-electron chi connectivity index (χ2n) is 10.5. The van der Waals surface area contributed by atoms with Gasteiger partial charge >= 0.3 is 11.9 Å². The number of hydrogen-bond acceptors (Lipinski definition) is 4. The lowest BCUT2D eigenvalue weighted by atomic mass is 9.89. The summed E-state index contributed by atoms with van der Waals surface area (Å²) in [6.45, 7) is 7.83. The van der Waals surface area contributed by atoms with E-state index in [1.807, 2.05) is 32.9 Å². The summed E-state index contributed by atoms with van der Waals surface area (Å²) in [5.41, 5.74) is 1.41. The minimum Gasteiger partial charge on any atom is -0.481 e. The Bertz CT molecular complexity index is 783. The Balaban J connectivity index is 0.000000548. The van der Waals surface area contributed by atoms with E-state index in [9.17, 15) is 19.8 Å². The van der Waals surface area contributed by atoms with Gasteiger partial charge in [-0.2, -0.15) is 0 Å². The summed E-state index contributed by atoms with van der Waals surface area (Å²) in [5, 5.41) is 38.0. The highest BCUT2D eigenvalue weighted by molar-refractivity contribution is 5.69. The lowest BCUT2D eigenvalue weighted by Gasteiger charge is -2.19. The fraction of sp³-hybridized carbons (Fsp3) is 0.733. The Morgan fingerprint density at radius 2 is 1.81 bits per heavy atom. The van der Waals surface area contributed by atoms with Gasteiger partial charge in [0.15, 0.2) is 0 Å². The van der Waals surface area contributed by atoms with Crippen LogP contribution in [0.5, 0.6) is 0 Å². The number of aliphatic carboxylic acids is 2. The highest BCUT2D eigenvalue weighted by Gasteiger charge is 2.44. The predicted octanol–water partition coefficient (Wildman–Crippen LogP) is 5.83. The van der Waals surface area contributed by atoms with Crippen molar-refractivity contribution >= 4 is 11.9 Å². The van der Waals surface area contributed by atoms with Gasteiger partial charge in [0, 0.05) is 18.8 Å². The molecule has 2 aliphatic rings. The SMILES string of the molecule is CC#CCC(C)[C@H](O)/C=C/[C@@H]1[C@H]2C/C(=C/CCCC(=O)O)C[C@H]2C[C@H]1O.CCCC(CCC)C(=O)O. The number of carbonyl (C=O) groups is 2. The number of aliphatic hydroxyl groups is 2. The molecule has 204 valence electrons. The van der Waals surface area contributed by atoms with Gasteiger partial charge in [0.1, 0.15) is 0 Å². The van der Waals surface area contributed by atoms with E-state index in [0.717, 1.165) is 51.4 Å². The highest BCUT2D eigenvalue weighted by atomic mass is 16.4. The Kier molecular flexibility index (Phi) is 15.4. The molecule has 2 aliphatic carbocycles. The maximum absolute atomic E-state index is 10.6. The van der Waals surface area contributed by atoms with Crippen LogP contribution in [0.15, 0.2) is 23.8 Å². The van der Waals surface area contributed by atoms with Gasteiger partial charge in [0.2, 0.25) is 0 Å². The summed E-state index contributed by atoms with van der Waals surface area (Å²) in [4.78, 5) is 21.1. The number of fused-ring (bicyclic) bond motifs is 1. The largest absolute Gasteiger partial charge is 0.481 e. The molecular formula is C30H48O6. The molecule has 0 aromatic heterocycles. The summed E-state index contributed by atoms with van der Waals surface area (Å²) >= 11 is 0. The average Bonchev–Trinajstić information content (AvgIpc) is 3.34. The molecule has 0 saturated heterocycles. The molecule has 6 nitrogen and oxygen atoms in total. The van der Waals surface area contributed by atoms with Crippen molar-refractivity contribution in [3.05, 3.63) is 23.8 Å². The van der Waals surface area contributed by atoms with Crippen LogP contribution in [0.4, 0.5) is 0 Å². The lowest BCUT2D eigenvalue weighted by molar-refractivity contribution is -0.142. The van der Waals surface area contributed by atoms with E-state index < -0.39 is 18.0 Å². The molecule has 0 spiro atoms. The number of hydrogen-bond donors (Lipinski definition) is 4. The van der Waals surface area contributed by atoms with Gasteiger partial charge in [-0.3, -0.25) is 9.59 Å². The van der Waals surface area contributed by atoms with E-state index in [-0.39, 0.29) is 30.3 Å². The molecule has 0 aromatic rings. The first-order valence-electron chi connectivity index (χ1n) is 13.7. The quantitative estimate of drug-likeness (QED) is 0.143. The molecule has 0 aromatic carbocycles. The summed E-state index contributed by atoms with van der Waals surface area (Å²) < 4.78 is 0. The van der Waals surface area contributed by atoms with Crippen LogP contribution in [0.3, 0.4) is 0 Å². The standard InChI is InChI=1S/C22H32O4.C8H16O2/c1-3-4-7-15(2)20(23)11-10-18-19-13-16(8-5-6-9-22(25)26)12-17(19)14-21(18)24;1-3-5-7(6-4-2)8(9)10/h8,10-11,15,17-21,23-24H,5-7,9,12-14H2,1-2H3,(H,25,26);7H,3-6H2,1-2H3,(H,9,10)/b11-10+,16-8+;/t15?,17-,18+,19-,20+,21+;/m0./s1. The van der Waals surface area contributed by atoms with Crippen LogP contribution in [-0.4, -0.2) is 44.6 Å². The molecule has 0 amide bonds. The maximum atomic E-state index is 10.6. The summed E-state index contributed by atoms with van der Waals surface area (Å²) in [5.74, 6) is 5.51. The van der Waals surface area contributed by atoms with Crippen LogP contribution >= 0.6 is 0 Å². The van der Waals surface area contributed by atoms with Gasteiger partial charge < -0.3 is 20.4 Å². The van der Waals surface area contributed by atoms with Crippen molar-refractivity contribution in [3.63, 3.8) is 0 Å². The van der Waals surface area contributed by atoms with Crippen molar-refractivity contribution in [1.82, 2.24) is 0 Å². The second-order valence-corrected chi connectivity index (χ2v) is 10.5. The molecule has 2 fully saturated rings. The first-order valence-corrected chi connectivity index (χ1v) is 13.7. The second kappa shape index (κ2) is 17.4. The molecule has 6 heteroatoms. The third-order valence-electron chi connectivity index (χ3n) is 7.48. The fourth-order valence-electron chi connectivity index (χ4n) is 5.40. The zero-order valence-corrected chi connectivity index (χ0v) is 22.7. The highest BCUT2D eigenvalue weighted by Crippen LogP contribution is 2.50. The van der Waals surface area contributed by atoms with Crippen molar-refractivity contribution in [2.24, 2.45) is 29.6 Å². The Labute approximate surface area is 217 Å². The van der Waals surface area contributed by atoms with E-state index in [0.29, 0.717) is 24.7 Å². The van der Waals surface area contributed by atoms with Gasteiger partial charge in [-0.1, -0.05) is 57.4 Å². The number of rotatable bonds is 13. The molecule has 36 heavy (non-hydrogen) atoms. The number of carboxylic acid groups (broad SMARTS) is 2. The van der Waals surface area contributed by atoms with Crippen LogP contribution in [0.1, 0.15) is 98.3 Å². The molecule has 2 rings (SSSR count). The summed E-state index contributed by atoms with van der Waals surface area (Å²) in [6.07, 6.45) is 14.0. The minimum atomic E-state index is -0.738. The smallest absolute Gasteiger partial charge is 0.306 e. The molecule has 2 saturated carbocycles. The third kappa shape index (κ3) is 11.3. The lowest BCUT2D eigenvalue weighted by Crippen LogP contribution is -2.19. The van der Waals surface area contributed by atoms with Crippen LogP contribution in [0.2, 0.25) is 0 Å². The summed E-state index contributed by atoms with van der Waals surface area (Å²) in [7, 11) is 0. The Hall–Kier alpha value is -2.10.